The van der Waals surface area contributed by atoms with Crippen LogP contribution in [0.25, 0.3) is 0 Å². The third kappa shape index (κ3) is 2.57. The highest BCUT2D eigenvalue weighted by atomic mass is 35.5. The summed E-state index contributed by atoms with van der Waals surface area (Å²) in [5.74, 6) is 0. The first kappa shape index (κ1) is 13.5. The highest BCUT2D eigenvalue weighted by Crippen LogP contribution is 2.35. The molecule has 2 nitrogen and oxygen atoms in total. The van der Waals surface area contributed by atoms with Crippen molar-refractivity contribution in [1.29, 1.82) is 0 Å². The highest BCUT2D eigenvalue weighted by Gasteiger charge is 2.17. The van der Waals surface area contributed by atoms with Gasteiger partial charge in [-0.3, -0.25) is 0 Å². The van der Waals surface area contributed by atoms with Crippen molar-refractivity contribution in [3.05, 3.63) is 62.6 Å². The fraction of sp³-hybridized carbons (Fsp3) is 0.0769. The number of benzene rings is 2. The van der Waals surface area contributed by atoms with E-state index in [-0.39, 0.29) is 0 Å². The zero-order chi connectivity index (χ0) is 13.3. The molecule has 3 N–H and O–H groups in total. The van der Waals surface area contributed by atoms with Crippen LogP contribution in [0.1, 0.15) is 17.2 Å². The second-order valence-corrected chi connectivity index (χ2v) is 5.04. The van der Waals surface area contributed by atoms with E-state index in [9.17, 15) is 5.11 Å². The molecule has 2 rings (SSSR count). The molecule has 0 heterocycles. The van der Waals surface area contributed by atoms with Gasteiger partial charge in [0.2, 0.25) is 0 Å². The van der Waals surface area contributed by atoms with Crippen LogP contribution in [0, 0.1) is 0 Å². The minimum Gasteiger partial charge on any atom is -0.398 e. The third-order valence-electron chi connectivity index (χ3n) is 2.62. The number of aliphatic hydroxyl groups excluding tert-OH is 1. The predicted molar refractivity (Wildman–Crippen MR) is 76.4 cm³/mol. The number of hydrogen-bond acceptors (Lipinski definition) is 2. The van der Waals surface area contributed by atoms with Crippen LogP contribution in [0.2, 0.25) is 15.1 Å². The van der Waals surface area contributed by atoms with Gasteiger partial charge in [-0.1, -0.05) is 53.0 Å². The Balaban J connectivity index is 2.48. The Kier molecular flexibility index (Phi) is 4.03. The molecule has 0 bridgehead atoms. The van der Waals surface area contributed by atoms with Gasteiger partial charge in [-0.05, 0) is 18.2 Å². The molecule has 1 unspecified atom stereocenters. The van der Waals surface area contributed by atoms with Gasteiger partial charge in [-0.25, -0.2) is 0 Å². The smallest absolute Gasteiger partial charge is 0.108 e. The number of nitrogen functional groups attached to an aromatic ring is 1. The lowest BCUT2D eigenvalue weighted by atomic mass is 10.00. The Bertz CT molecular complexity index is 586. The summed E-state index contributed by atoms with van der Waals surface area (Å²) >= 11 is 17.8. The summed E-state index contributed by atoms with van der Waals surface area (Å²) in [6, 6.07) is 9.99. The molecule has 0 aliphatic heterocycles. The first-order valence-corrected chi connectivity index (χ1v) is 6.31. The van der Waals surface area contributed by atoms with E-state index in [4.69, 9.17) is 40.5 Å². The van der Waals surface area contributed by atoms with Crippen LogP contribution in [-0.2, 0) is 0 Å². The Morgan fingerprint density at radius 1 is 1.00 bits per heavy atom. The van der Waals surface area contributed by atoms with Gasteiger partial charge in [0.1, 0.15) is 6.10 Å². The van der Waals surface area contributed by atoms with Crippen molar-refractivity contribution in [2.24, 2.45) is 0 Å². The SMILES string of the molecule is Nc1cc(Cl)ccc1C(O)c1cccc(Cl)c1Cl. The Morgan fingerprint density at radius 2 is 1.72 bits per heavy atom. The first-order valence-electron chi connectivity index (χ1n) is 5.17. The van der Waals surface area contributed by atoms with Gasteiger partial charge in [0.05, 0.1) is 10.0 Å². The lowest BCUT2D eigenvalue weighted by molar-refractivity contribution is 0.221. The molecule has 0 spiro atoms. The van der Waals surface area contributed by atoms with Crippen LogP contribution in [0.15, 0.2) is 36.4 Å². The van der Waals surface area contributed by atoms with Crippen molar-refractivity contribution in [2.75, 3.05) is 5.73 Å². The van der Waals surface area contributed by atoms with Crippen LogP contribution >= 0.6 is 34.8 Å². The maximum absolute atomic E-state index is 10.3. The van der Waals surface area contributed by atoms with Crippen LogP contribution in [-0.4, -0.2) is 5.11 Å². The lowest BCUT2D eigenvalue weighted by Gasteiger charge is -2.16. The van der Waals surface area contributed by atoms with E-state index in [1.54, 1.807) is 36.4 Å². The maximum Gasteiger partial charge on any atom is 0.108 e. The molecule has 2 aromatic carbocycles. The molecule has 0 radical (unpaired) electrons. The van der Waals surface area contributed by atoms with Gasteiger partial charge in [0.25, 0.3) is 0 Å². The Labute approximate surface area is 120 Å². The minimum atomic E-state index is -0.937. The van der Waals surface area contributed by atoms with Crippen LogP contribution in [0.5, 0.6) is 0 Å². The average molecular weight is 303 g/mol. The summed E-state index contributed by atoms with van der Waals surface area (Å²) in [5.41, 5.74) is 7.29. The zero-order valence-corrected chi connectivity index (χ0v) is 11.5. The molecule has 0 saturated carbocycles. The predicted octanol–water partition coefficient (Wildman–Crippen LogP) is 4.31. The standard InChI is InChI=1S/C13H10Cl3NO/c14-7-4-5-8(11(17)6-7)13(18)9-2-1-3-10(15)12(9)16/h1-6,13,18H,17H2. The van der Waals surface area contributed by atoms with Gasteiger partial charge in [0.15, 0.2) is 0 Å². The largest absolute Gasteiger partial charge is 0.398 e. The van der Waals surface area contributed by atoms with E-state index < -0.39 is 6.10 Å². The first-order chi connectivity index (χ1) is 8.50. The van der Waals surface area contributed by atoms with Crippen molar-refractivity contribution in [3.8, 4) is 0 Å². The van der Waals surface area contributed by atoms with Gasteiger partial charge in [-0.15, -0.1) is 0 Å². The van der Waals surface area contributed by atoms with Crippen molar-refractivity contribution < 1.29 is 5.11 Å². The third-order valence-corrected chi connectivity index (χ3v) is 3.69. The number of nitrogens with two attached hydrogens (primary N) is 1. The summed E-state index contributed by atoms with van der Waals surface area (Å²) in [4.78, 5) is 0. The molecule has 1 atom stereocenters. The molecule has 0 aromatic heterocycles. The fourth-order valence-electron chi connectivity index (χ4n) is 1.69. The molecular weight excluding hydrogens is 293 g/mol. The van der Waals surface area contributed by atoms with Crippen LogP contribution < -0.4 is 5.73 Å². The number of anilines is 1. The summed E-state index contributed by atoms with van der Waals surface area (Å²) < 4.78 is 0. The normalized spacial score (nSPS) is 12.4. The van der Waals surface area contributed by atoms with E-state index in [2.05, 4.69) is 0 Å². The summed E-state index contributed by atoms with van der Waals surface area (Å²) in [7, 11) is 0. The van der Waals surface area contributed by atoms with E-state index in [0.717, 1.165) is 0 Å². The van der Waals surface area contributed by atoms with Crippen LogP contribution in [0.4, 0.5) is 5.69 Å². The molecule has 18 heavy (non-hydrogen) atoms. The van der Waals surface area contributed by atoms with Crippen molar-refractivity contribution >= 4 is 40.5 Å². The van der Waals surface area contributed by atoms with Crippen LogP contribution in [0.3, 0.4) is 0 Å². The second-order valence-electron chi connectivity index (χ2n) is 3.82. The minimum absolute atomic E-state index is 0.320. The summed E-state index contributed by atoms with van der Waals surface area (Å²) in [5, 5.41) is 11.5. The molecule has 5 heteroatoms. The number of halogens is 3. The molecule has 0 amide bonds. The van der Waals surface area contributed by atoms with E-state index in [0.29, 0.717) is 31.9 Å². The molecule has 0 fully saturated rings. The molecule has 0 aliphatic carbocycles. The molecule has 2 aromatic rings. The van der Waals surface area contributed by atoms with E-state index in [1.807, 2.05) is 0 Å². The van der Waals surface area contributed by atoms with Crippen molar-refractivity contribution in [1.82, 2.24) is 0 Å². The number of aliphatic hydroxyl groups is 1. The van der Waals surface area contributed by atoms with E-state index >= 15 is 0 Å². The van der Waals surface area contributed by atoms with Crippen molar-refractivity contribution in [3.63, 3.8) is 0 Å². The summed E-state index contributed by atoms with van der Waals surface area (Å²) in [6.07, 6.45) is -0.937. The second kappa shape index (κ2) is 5.37. The van der Waals surface area contributed by atoms with Crippen molar-refractivity contribution in [2.45, 2.75) is 6.10 Å². The quantitative estimate of drug-likeness (QED) is 0.812. The zero-order valence-electron chi connectivity index (χ0n) is 9.20. The average Bonchev–Trinajstić information content (AvgIpc) is 2.32. The van der Waals surface area contributed by atoms with Gasteiger partial charge in [-0.2, -0.15) is 0 Å². The van der Waals surface area contributed by atoms with Gasteiger partial charge in [0, 0.05) is 21.8 Å². The molecule has 0 saturated heterocycles. The van der Waals surface area contributed by atoms with Gasteiger partial charge >= 0.3 is 0 Å². The monoisotopic (exact) mass is 301 g/mol. The Morgan fingerprint density at radius 3 is 2.39 bits per heavy atom. The summed E-state index contributed by atoms with van der Waals surface area (Å²) in [6.45, 7) is 0. The molecular formula is C13H10Cl3NO. The Hall–Kier alpha value is -0.930. The van der Waals surface area contributed by atoms with Gasteiger partial charge < -0.3 is 10.8 Å². The number of rotatable bonds is 2. The maximum atomic E-state index is 10.3. The van der Waals surface area contributed by atoms with E-state index in [1.165, 1.54) is 0 Å². The molecule has 94 valence electrons. The lowest BCUT2D eigenvalue weighted by Crippen LogP contribution is -2.04. The highest BCUT2D eigenvalue weighted by molar-refractivity contribution is 6.42. The fourth-order valence-corrected chi connectivity index (χ4v) is 2.29. The molecule has 0 aliphatic rings. The number of hydrogen-bond donors (Lipinski definition) is 2. The topological polar surface area (TPSA) is 46.2 Å².